The minimum atomic E-state index is -3.23. The largest absolute Gasteiger partial charge is 0.399 e. The molecule has 3 nitrogen and oxygen atoms in total. The number of benzene rings is 1. The Morgan fingerprint density at radius 1 is 1.11 bits per heavy atom. The van der Waals surface area contributed by atoms with Gasteiger partial charge >= 0.3 is 0 Å². The van der Waals surface area contributed by atoms with Gasteiger partial charge in [-0.2, -0.15) is 0 Å². The summed E-state index contributed by atoms with van der Waals surface area (Å²) >= 11 is 0. The van der Waals surface area contributed by atoms with Gasteiger partial charge in [0.05, 0.1) is 10.1 Å². The van der Waals surface area contributed by atoms with Crippen molar-refractivity contribution in [1.82, 2.24) is 0 Å². The Morgan fingerprint density at radius 2 is 1.68 bits per heavy atom. The van der Waals surface area contributed by atoms with Crippen molar-refractivity contribution in [3.63, 3.8) is 0 Å². The van der Waals surface area contributed by atoms with Gasteiger partial charge < -0.3 is 5.73 Å². The summed E-state index contributed by atoms with van der Waals surface area (Å²) in [6.45, 7) is 6.11. The van der Waals surface area contributed by atoms with Crippen LogP contribution in [0.4, 0.5) is 5.69 Å². The summed E-state index contributed by atoms with van der Waals surface area (Å²) < 4.78 is 25.5. The molecule has 0 amide bonds. The van der Waals surface area contributed by atoms with Crippen molar-refractivity contribution in [1.29, 1.82) is 0 Å². The summed E-state index contributed by atoms with van der Waals surface area (Å²) in [6.07, 6.45) is 2.68. The van der Waals surface area contributed by atoms with Crippen LogP contribution in [0.25, 0.3) is 0 Å². The van der Waals surface area contributed by atoms with E-state index in [4.69, 9.17) is 5.73 Å². The van der Waals surface area contributed by atoms with Crippen molar-refractivity contribution in [3.05, 3.63) is 23.8 Å². The van der Waals surface area contributed by atoms with Crippen LogP contribution < -0.4 is 5.73 Å². The molecule has 0 heterocycles. The highest BCUT2D eigenvalue weighted by molar-refractivity contribution is 7.92. The van der Waals surface area contributed by atoms with Gasteiger partial charge in [-0.05, 0) is 61.8 Å². The van der Waals surface area contributed by atoms with Gasteiger partial charge in [-0.25, -0.2) is 8.42 Å². The van der Waals surface area contributed by atoms with E-state index in [1.165, 1.54) is 0 Å². The molecule has 106 valence electrons. The first-order valence-electron chi connectivity index (χ1n) is 6.90. The molecule has 1 saturated carbocycles. The number of anilines is 1. The zero-order valence-electron chi connectivity index (χ0n) is 11.9. The fourth-order valence-electron chi connectivity index (χ4n) is 3.30. The van der Waals surface area contributed by atoms with Gasteiger partial charge in [0, 0.05) is 5.69 Å². The lowest BCUT2D eigenvalue weighted by molar-refractivity contribution is 0.301. The average molecular weight is 281 g/mol. The molecule has 0 aliphatic heterocycles. The van der Waals surface area contributed by atoms with Gasteiger partial charge in [0.25, 0.3) is 0 Å². The molecule has 1 aliphatic rings. The number of rotatable bonds is 2. The average Bonchev–Trinajstić information content (AvgIpc) is 2.26. The maximum absolute atomic E-state index is 12.8. The Morgan fingerprint density at radius 3 is 2.21 bits per heavy atom. The second-order valence-electron chi connectivity index (χ2n) is 6.11. The third-order valence-electron chi connectivity index (χ3n) is 4.08. The van der Waals surface area contributed by atoms with E-state index < -0.39 is 9.84 Å². The maximum atomic E-state index is 12.8. The molecule has 2 atom stereocenters. The van der Waals surface area contributed by atoms with Gasteiger partial charge in [-0.15, -0.1) is 0 Å². The monoisotopic (exact) mass is 281 g/mol. The molecule has 1 aromatic carbocycles. The van der Waals surface area contributed by atoms with Gasteiger partial charge in [0.1, 0.15) is 0 Å². The van der Waals surface area contributed by atoms with Crippen LogP contribution >= 0.6 is 0 Å². The highest BCUT2D eigenvalue weighted by atomic mass is 32.2. The van der Waals surface area contributed by atoms with Gasteiger partial charge in [0.15, 0.2) is 9.84 Å². The van der Waals surface area contributed by atoms with Crippen LogP contribution in [0.1, 0.15) is 38.7 Å². The number of hydrogen-bond donors (Lipinski definition) is 1. The first-order chi connectivity index (χ1) is 8.80. The maximum Gasteiger partial charge on any atom is 0.181 e. The molecule has 2 N–H and O–H groups in total. The van der Waals surface area contributed by atoms with Crippen LogP contribution in [0.5, 0.6) is 0 Å². The van der Waals surface area contributed by atoms with Crippen LogP contribution in [-0.4, -0.2) is 13.7 Å². The summed E-state index contributed by atoms with van der Waals surface area (Å²) in [6, 6.07) is 5.07. The van der Waals surface area contributed by atoms with E-state index in [0.29, 0.717) is 22.4 Å². The summed E-state index contributed by atoms with van der Waals surface area (Å²) in [5.41, 5.74) is 7.07. The van der Waals surface area contributed by atoms with Crippen LogP contribution in [-0.2, 0) is 9.84 Å². The molecule has 0 radical (unpaired) electrons. The lowest BCUT2D eigenvalue weighted by atomic mass is 9.83. The molecule has 19 heavy (non-hydrogen) atoms. The van der Waals surface area contributed by atoms with Crippen molar-refractivity contribution in [2.75, 3.05) is 5.73 Å². The van der Waals surface area contributed by atoms with E-state index in [9.17, 15) is 8.42 Å². The Kier molecular flexibility index (Phi) is 3.90. The van der Waals surface area contributed by atoms with E-state index in [1.54, 1.807) is 18.2 Å². The molecular formula is C15H23NO2S. The van der Waals surface area contributed by atoms with Gasteiger partial charge in [0.2, 0.25) is 0 Å². The lowest BCUT2D eigenvalue weighted by Gasteiger charge is -2.31. The van der Waals surface area contributed by atoms with E-state index >= 15 is 0 Å². The zero-order valence-corrected chi connectivity index (χ0v) is 12.7. The first-order valence-corrected chi connectivity index (χ1v) is 8.45. The van der Waals surface area contributed by atoms with Crippen molar-refractivity contribution < 1.29 is 8.42 Å². The highest BCUT2D eigenvalue weighted by Crippen LogP contribution is 2.36. The second kappa shape index (κ2) is 5.16. The fraction of sp³-hybridized carbons (Fsp3) is 0.600. The van der Waals surface area contributed by atoms with Gasteiger partial charge in [-0.3, -0.25) is 0 Å². The molecule has 0 aromatic heterocycles. The predicted octanol–water partition coefficient (Wildman–Crippen LogP) is 3.18. The summed E-state index contributed by atoms with van der Waals surface area (Å²) in [5, 5.41) is -0.242. The van der Waals surface area contributed by atoms with E-state index in [2.05, 4.69) is 13.8 Å². The number of aryl methyl sites for hydroxylation is 1. The quantitative estimate of drug-likeness (QED) is 0.847. The minimum absolute atomic E-state index is 0.242. The van der Waals surface area contributed by atoms with E-state index in [0.717, 1.165) is 24.8 Å². The fourth-order valence-corrected chi connectivity index (χ4v) is 5.59. The molecule has 1 fully saturated rings. The minimum Gasteiger partial charge on any atom is -0.399 e. The summed E-state index contributed by atoms with van der Waals surface area (Å²) in [4.78, 5) is 0.452. The second-order valence-corrected chi connectivity index (χ2v) is 8.31. The third kappa shape index (κ3) is 2.94. The molecular weight excluding hydrogens is 258 g/mol. The Hall–Kier alpha value is -1.03. The SMILES string of the molecule is Cc1cc(N)ccc1S(=O)(=O)C1CC(C)CC(C)C1. The molecule has 0 spiro atoms. The van der Waals surface area contributed by atoms with Crippen molar-refractivity contribution in [2.24, 2.45) is 11.8 Å². The molecule has 4 heteroatoms. The normalized spacial score (nSPS) is 28.3. The van der Waals surface area contributed by atoms with Crippen LogP contribution in [0, 0.1) is 18.8 Å². The van der Waals surface area contributed by atoms with Gasteiger partial charge in [-0.1, -0.05) is 13.8 Å². The standard InChI is InChI=1S/C15H23NO2S/c1-10-6-11(2)8-14(7-10)19(17,18)15-5-4-13(16)9-12(15)3/h4-5,9-11,14H,6-8,16H2,1-3H3. The lowest BCUT2D eigenvalue weighted by Crippen LogP contribution is -2.31. The van der Waals surface area contributed by atoms with Crippen LogP contribution in [0.15, 0.2) is 23.1 Å². The molecule has 0 saturated heterocycles. The van der Waals surface area contributed by atoms with Crippen molar-refractivity contribution in [3.8, 4) is 0 Å². The topological polar surface area (TPSA) is 60.2 Å². The van der Waals surface area contributed by atoms with E-state index in [1.807, 2.05) is 6.92 Å². The molecule has 1 aromatic rings. The third-order valence-corrected chi connectivity index (χ3v) is 6.41. The summed E-state index contributed by atoms with van der Waals surface area (Å²) in [7, 11) is -3.23. The number of hydrogen-bond acceptors (Lipinski definition) is 3. The molecule has 2 rings (SSSR count). The molecule has 0 bridgehead atoms. The number of nitrogens with two attached hydrogens (primary N) is 1. The van der Waals surface area contributed by atoms with Crippen molar-refractivity contribution in [2.45, 2.75) is 50.2 Å². The number of sulfone groups is 1. The first kappa shape index (κ1) is 14.4. The highest BCUT2D eigenvalue weighted by Gasteiger charge is 2.34. The zero-order chi connectivity index (χ0) is 14.2. The summed E-state index contributed by atoms with van der Waals surface area (Å²) in [5.74, 6) is 0.968. The Bertz CT molecular complexity index is 556. The van der Waals surface area contributed by atoms with E-state index in [-0.39, 0.29) is 5.25 Å². The smallest absolute Gasteiger partial charge is 0.181 e. The number of nitrogen functional groups attached to an aromatic ring is 1. The Labute approximate surface area is 116 Å². The molecule has 2 unspecified atom stereocenters. The Balaban J connectivity index is 2.36. The molecule has 1 aliphatic carbocycles. The predicted molar refractivity (Wildman–Crippen MR) is 78.7 cm³/mol. The van der Waals surface area contributed by atoms with Crippen molar-refractivity contribution >= 4 is 15.5 Å². The van der Waals surface area contributed by atoms with Crippen LogP contribution in [0.2, 0.25) is 0 Å². The van der Waals surface area contributed by atoms with Crippen LogP contribution in [0.3, 0.4) is 0 Å².